The summed E-state index contributed by atoms with van der Waals surface area (Å²) < 4.78 is 5.31. The molecule has 2 saturated heterocycles. The summed E-state index contributed by atoms with van der Waals surface area (Å²) in [5.74, 6) is -1.64. The highest BCUT2D eigenvalue weighted by atomic mass is 16.5. The summed E-state index contributed by atoms with van der Waals surface area (Å²) >= 11 is 0. The van der Waals surface area contributed by atoms with Crippen LogP contribution in [0.4, 0.5) is 4.79 Å². The first-order valence-corrected chi connectivity index (χ1v) is 7.17. The molecule has 8 nitrogen and oxygen atoms in total. The average molecular weight is 299 g/mol. The van der Waals surface area contributed by atoms with Gasteiger partial charge in [-0.05, 0) is 25.7 Å². The Kier molecular flexibility index (Phi) is 5.00. The van der Waals surface area contributed by atoms with Gasteiger partial charge in [-0.15, -0.1) is 0 Å². The Balaban J connectivity index is 1.74. The Morgan fingerprint density at radius 1 is 1.29 bits per heavy atom. The number of primary amides is 1. The maximum atomic E-state index is 12.0. The SMILES string of the molecule is NC(=O)C1CCCN(C(=O)NCC2CCC(C(=O)O)O2)C1. The van der Waals surface area contributed by atoms with E-state index >= 15 is 0 Å². The van der Waals surface area contributed by atoms with Crippen molar-refractivity contribution in [3.05, 3.63) is 0 Å². The van der Waals surface area contributed by atoms with E-state index in [0.717, 1.165) is 6.42 Å². The van der Waals surface area contributed by atoms with Crippen LogP contribution in [-0.2, 0) is 14.3 Å². The van der Waals surface area contributed by atoms with Crippen LogP contribution >= 0.6 is 0 Å². The third-order valence-electron chi connectivity index (χ3n) is 3.97. The fourth-order valence-corrected chi connectivity index (χ4v) is 2.74. The molecule has 0 saturated carbocycles. The molecule has 8 heteroatoms. The van der Waals surface area contributed by atoms with Crippen molar-refractivity contribution in [1.82, 2.24) is 10.2 Å². The van der Waals surface area contributed by atoms with Gasteiger partial charge in [0.15, 0.2) is 6.10 Å². The van der Waals surface area contributed by atoms with E-state index < -0.39 is 12.1 Å². The molecule has 2 heterocycles. The van der Waals surface area contributed by atoms with Crippen LogP contribution in [0.2, 0.25) is 0 Å². The molecule has 21 heavy (non-hydrogen) atoms. The molecule has 0 aromatic rings. The first-order chi connectivity index (χ1) is 9.97. The number of urea groups is 1. The molecule has 2 fully saturated rings. The first-order valence-electron chi connectivity index (χ1n) is 7.17. The van der Waals surface area contributed by atoms with Crippen LogP contribution in [0, 0.1) is 5.92 Å². The molecule has 0 aliphatic carbocycles. The molecule has 4 N–H and O–H groups in total. The van der Waals surface area contributed by atoms with E-state index in [-0.39, 0.29) is 30.5 Å². The van der Waals surface area contributed by atoms with E-state index in [2.05, 4.69) is 5.32 Å². The summed E-state index contributed by atoms with van der Waals surface area (Å²) in [6.45, 7) is 1.21. The van der Waals surface area contributed by atoms with Crippen molar-refractivity contribution in [3.63, 3.8) is 0 Å². The smallest absolute Gasteiger partial charge is 0.332 e. The molecule has 0 aromatic heterocycles. The summed E-state index contributed by atoms with van der Waals surface area (Å²) in [6.07, 6.45) is 1.49. The lowest BCUT2D eigenvalue weighted by atomic mass is 9.98. The summed E-state index contributed by atoms with van der Waals surface area (Å²) in [5.41, 5.74) is 5.27. The summed E-state index contributed by atoms with van der Waals surface area (Å²) in [7, 11) is 0. The zero-order chi connectivity index (χ0) is 15.4. The summed E-state index contributed by atoms with van der Waals surface area (Å²) in [5, 5.41) is 11.6. The molecule has 3 amide bonds. The van der Waals surface area contributed by atoms with Crippen molar-refractivity contribution in [1.29, 1.82) is 0 Å². The Bertz CT molecular complexity index is 428. The van der Waals surface area contributed by atoms with Gasteiger partial charge in [0.2, 0.25) is 5.91 Å². The Hall–Kier alpha value is -1.83. The van der Waals surface area contributed by atoms with E-state index in [1.807, 2.05) is 0 Å². The molecule has 0 spiro atoms. The maximum Gasteiger partial charge on any atom is 0.332 e. The number of carboxylic acid groups (broad SMARTS) is 1. The second kappa shape index (κ2) is 6.75. The minimum Gasteiger partial charge on any atom is -0.479 e. The number of likely N-dealkylation sites (tertiary alicyclic amines) is 1. The number of amides is 3. The van der Waals surface area contributed by atoms with Crippen LogP contribution < -0.4 is 11.1 Å². The van der Waals surface area contributed by atoms with Crippen LogP contribution in [0.1, 0.15) is 25.7 Å². The standard InChI is InChI=1S/C13H21N3O5/c14-11(17)8-2-1-5-16(7-8)13(20)15-6-9-3-4-10(21-9)12(18)19/h8-10H,1-7H2,(H2,14,17)(H,15,20)(H,18,19). The molecule has 0 bridgehead atoms. The number of hydrogen-bond donors (Lipinski definition) is 3. The molecule has 2 rings (SSSR count). The summed E-state index contributed by atoms with van der Waals surface area (Å²) in [6, 6.07) is -0.261. The number of carbonyl (C=O) groups is 3. The zero-order valence-corrected chi connectivity index (χ0v) is 11.8. The first kappa shape index (κ1) is 15.6. The fourth-order valence-electron chi connectivity index (χ4n) is 2.74. The number of piperidine rings is 1. The molecule has 0 aromatic carbocycles. The van der Waals surface area contributed by atoms with E-state index in [1.54, 1.807) is 4.90 Å². The minimum absolute atomic E-state index is 0.261. The van der Waals surface area contributed by atoms with Crippen LogP contribution in [0.3, 0.4) is 0 Å². The summed E-state index contributed by atoms with van der Waals surface area (Å²) in [4.78, 5) is 35.5. The van der Waals surface area contributed by atoms with Gasteiger partial charge in [-0.25, -0.2) is 9.59 Å². The monoisotopic (exact) mass is 299 g/mol. The third kappa shape index (κ3) is 4.07. The number of carbonyl (C=O) groups excluding carboxylic acids is 2. The largest absolute Gasteiger partial charge is 0.479 e. The number of rotatable bonds is 4. The molecule has 3 atom stereocenters. The highest BCUT2D eigenvalue weighted by Gasteiger charge is 2.31. The van der Waals surface area contributed by atoms with Gasteiger partial charge in [0.05, 0.1) is 12.0 Å². The van der Waals surface area contributed by atoms with Crippen molar-refractivity contribution in [2.24, 2.45) is 11.7 Å². The second-order valence-corrected chi connectivity index (χ2v) is 5.54. The van der Waals surface area contributed by atoms with Crippen molar-refractivity contribution < 1.29 is 24.2 Å². The van der Waals surface area contributed by atoms with Crippen molar-refractivity contribution in [3.8, 4) is 0 Å². The number of nitrogens with one attached hydrogen (secondary N) is 1. The topological polar surface area (TPSA) is 122 Å². The molecule has 2 aliphatic rings. The van der Waals surface area contributed by atoms with E-state index in [1.165, 1.54) is 0 Å². The van der Waals surface area contributed by atoms with E-state index in [4.69, 9.17) is 15.6 Å². The van der Waals surface area contributed by atoms with Gasteiger partial charge in [0.25, 0.3) is 0 Å². The highest BCUT2D eigenvalue weighted by Crippen LogP contribution is 2.20. The van der Waals surface area contributed by atoms with E-state index in [0.29, 0.717) is 32.4 Å². The molecular weight excluding hydrogens is 278 g/mol. The van der Waals surface area contributed by atoms with Crippen molar-refractivity contribution in [2.75, 3.05) is 19.6 Å². The van der Waals surface area contributed by atoms with Gasteiger partial charge in [-0.2, -0.15) is 0 Å². The van der Waals surface area contributed by atoms with Gasteiger partial charge < -0.3 is 25.8 Å². The fraction of sp³-hybridized carbons (Fsp3) is 0.769. The molecular formula is C13H21N3O5. The lowest BCUT2D eigenvalue weighted by molar-refractivity contribution is -0.149. The van der Waals surface area contributed by atoms with Crippen molar-refractivity contribution >= 4 is 17.9 Å². The number of nitrogens with two attached hydrogens (primary N) is 1. The molecule has 118 valence electrons. The number of aliphatic carboxylic acids is 1. The maximum absolute atomic E-state index is 12.0. The highest BCUT2D eigenvalue weighted by molar-refractivity contribution is 5.79. The minimum atomic E-state index is -0.968. The molecule has 0 radical (unpaired) electrons. The lowest BCUT2D eigenvalue weighted by Gasteiger charge is -2.31. The average Bonchev–Trinajstić information content (AvgIpc) is 2.94. The van der Waals surface area contributed by atoms with E-state index in [9.17, 15) is 14.4 Å². The number of ether oxygens (including phenoxy) is 1. The predicted octanol–water partition coefficient (Wildman–Crippen LogP) is -0.474. The van der Waals surface area contributed by atoms with Gasteiger partial charge in [-0.1, -0.05) is 0 Å². The molecule has 3 unspecified atom stereocenters. The van der Waals surface area contributed by atoms with Crippen molar-refractivity contribution in [2.45, 2.75) is 37.9 Å². The van der Waals surface area contributed by atoms with Gasteiger partial charge in [-0.3, -0.25) is 4.79 Å². The third-order valence-corrected chi connectivity index (χ3v) is 3.97. The molecule has 2 aliphatic heterocycles. The second-order valence-electron chi connectivity index (χ2n) is 5.54. The van der Waals surface area contributed by atoms with Gasteiger partial charge in [0.1, 0.15) is 0 Å². The predicted molar refractivity (Wildman–Crippen MR) is 72.4 cm³/mol. The number of nitrogens with zero attached hydrogens (tertiary/aromatic N) is 1. The van der Waals surface area contributed by atoms with Gasteiger partial charge in [0, 0.05) is 19.6 Å². The normalized spacial score (nSPS) is 29.1. The Morgan fingerprint density at radius 3 is 2.67 bits per heavy atom. The quantitative estimate of drug-likeness (QED) is 0.647. The van der Waals surface area contributed by atoms with Crippen LogP contribution in [0.15, 0.2) is 0 Å². The number of carboxylic acids is 1. The Morgan fingerprint density at radius 2 is 2.05 bits per heavy atom. The van der Waals surface area contributed by atoms with Crippen LogP contribution in [-0.4, -0.2) is 59.8 Å². The Labute approximate surface area is 122 Å². The van der Waals surface area contributed by atoms with Crippen LogP contribution in [0.5, 0.6) is 0 Å². The van der Waals surface area contributed by atoms with Crippen LogP contribution in [0.25, 0.3) is 0 Å². The lowest BCUT2D eigenvalue weighted by Crippen LogP contribution is -2.49. The zero-order valence-electron chi connectivity index (χ0n) is 11.8. The van der Waals surface area contributed by atoms with Gasteiger partial charge >= 0.3 is 12.0 Å². The number of hydrogen-bond acceptors (Lipinski definition) is 4.